The van der Waals surface area contributed by atoms with Crippen molar-refractivity contribution < 1.29 is 22.3 Å². The van der Waals surface area contributed by atoms with E-state index in [0.717, 1.165) is 0 Å². The zero-order valence-electron chi connectivity index (χ0n) is 8.12. The Hall–Kier alpha value is -1.04. The van der Waals surface area contributed by atoms with Crippen molar-refractivity contribution in [3.63, 3.8) is 0 Å². The van der Waals surface area contributed by atoms with Crippen molar-refractivity contribution >= 4 is 0 Å². The van der Waals surface area contributed by atoms with Gasteiger partial charge in [0, 0.05) is 6.08 Å². The summed E-state index contributed by atoms with van der Waals surface area (Å²) in [5.41, 5.74) is 0. The summed E-state index contributed by atoms with van der Waals surface area (Å²) >= 11 is 0. The Bertz CT molecular complexity index is 302. The van der Waals surface area contributed by atoms with Crippen LogP contribution in [0, 0.1) is 0 Å². The molecule has 0 aromatic heterocycles. The van der Waals surface area contributed by atoms with Gasteiger partial charge in [0.25, 0.3) is 0 Å². The van der Waals surface area contributed by atoms with Gasteiger partial charge in [-0.1, -0.05) is 13.3 Å². The maximum Gasteiger partial charge on any atom is 0.343 e. The van der Waals surface area contributed by atoms with Gasteiger partial charge in [0.2, 0.25) is 5.95 Å². The maximum absolute atomic E-state index is 13.5. The molecule has 0 bridgehead atoms. The molecule has 0 saturated heterocycles. The van der Waals surface area contributed by atoms with Crippen molar-refractivity contribution in [2.45, 2.75) is 25.7 Å². The van der Waals surface area contributed by atoms with Gasteiger partial charge in [0.15, 0.2) is 11.7 Å². The summed E-state index contributed by atoms with van der Waals surface area (Å²) in [6.07, 6.45) is 1.33. The molecule has 0 aromatic rings. The predicted molar refractivity (Wildman–Crippen MR) is 46.3 cm³/mol. The smallest absolute Gasteiger partial charge is 0.324 e. The van der Waals surface area contributed by atoms with Gasteiger partial charge in [-0.3, -0.25) is 5.32 Å². The van der Waals surface area contributed by atoms with Crippen LogP contribution in [-0.4, -0.2) is 12.6 Å². The molecule has 0 aromatic carbocycles. The first-order valence-electron chi connectivity index (χ1n) is 4.53. The van der Waals surface area contributed by atoms with Crippen molar-refractivity contribution in [3.05, 3.63) is 23.7 Å². The summed E-state index contributed by atoms with van der Waals surface area (Å²) in [6.45, 7) is 1.74. The Kier molecular flexibility index (Phi) is 3.73. The van der Waals surface area contributed by atoms with Crippen LogP contribution in [0.5, 0.6) is 0 Å². The van der Waals surface area contributed by atoms with Gasteiger partial charge in [-0.15, -0.1) is 0 Å². The van der Waals surface area contributed by atoms with Crippen LogP contribution < -0.4 is 5.32 Å². The van der Waals surface area contributed by atoms with Crippen LogP contribution in [0.25, 0.3) is 0 Å². The zero-order chi connectivity index (χ0) is 11.5. The van der Waals surface area contributed by atoms with Crippen molar-refractivity contribution in [2.24, 2.45) is 0 Å². The fourth-order valence-electron chi connectivity index (χ4n) is 0.990. The topological polar surface area (TPSA) is 21.3 Å². The third kappa shape index (κ3) is 2.71. The number of unbranched alkanes of at least 4 members (excludes halogenated alkanes) is 1. The third-order valence-electron chi connectivity index (χ3n) is 1.84. The van der Waals surface area contributed by atoms with Crippen molar-refractivity contribution in [1.29, 1.82) is 0 Å². The van der Waals surface area contributed by atoms with Crippen LogP contribution in [0.1, 0.15) is 19.8 Å². The molecule has 0 spiro atoms. The highest BCUT2D eigenvalue weighted by atomic mass is 19.2. The number of halogens is 4. The van der Waals surface area contributed by atoms with E-state index in [0.29, 0.717) is 12.8 Å². The van der Waals surface area contributed by atoms with E-state index < -0.39 is 23.6 Å². The fraction of sp³-hybridized carbons (Fsp3) is 0.556. The minimum atomic E-state index is -3.09. The molecule has 15 heavy (non-hydrogen) atoms. The normalized spacial score (nSPS) is 26.3. The van der Waals surface area contributed by atoms with E-state index in [9.17, 15) is 17.6 Å². The second-order valence-corrected chi connectivity index (χ2v) is 3.08. The van der Waals surface area contributed by atoms with Crippen LogP contribution in [0.4, 0.5) is 17.6 Å². The first kappa shape index (κ1) is 12.0. The van der Waals surface area contributed by atoms with Gasteiger partial charge in [0.05, 0.1) is 6.61 Å². The number of dihydropyridines is 1. The average molecular weight is 225 g/mol. The first-order chi connectivity index (χ1) is 6.99. The van der Waals surface area contributed by atoms with E-state index in [-0.39, 0.29) is 12.7 Å². The van der Waals surface area contributed by atoms with Crippen LogP contribution in [-0.2, 0) is 4.74 Å². The van der Waals surface area contributed by atoms with Crippen LogP contribution in [0.15, 0.2) is 23.7 Å². The summed E-state index contributed by atoms with van der Waals surface area (Å²) in [5.74, 6) is -7.68. The fourth-order valence-corrected chi connectivity index (χ4v) is 0.990. The number of rotatable bonds is 4. The molecule has 0 radical (unpaired) electrons. The highest BCUT2D eigenvalue weighted by Gasteiger charge is 2.41. The van der Waals surface area contributed by atoms with Crippen molar-refractivity contribution in [1.82, 2.24) is 5.32 Å². The van der Waals surface area contributed by atoms with Gasteiger partial charge < -0.3 is 4.74 Å². The minimum absolute atomic E-state index is 0.0871. The maximum atomic E-state index is 13.5. The lowest BCUT2D eigenvalue weighted by Gasteiger charge is -2.27. The van der Waals surface area contributed by atoms with Crippen molar-refractivity contribution in [3.8, 4) is 0 Å². The van der Waals surface area contributed by atoms with Crippen LogP contribution in [0.3, 0.4) is 0 Å². The molecule has 0 amide bonds. The monoisotopic (exact) mass is 225 g/mol. The summed E-state index contributed by atoms with van der Waals surface area (Å²) in [5, 5.41) is 1.36. The van der Waals surface area contributed by atoms with E-state index in [4.69, 9.17) is 0 Å². The molecule has 1 heterocycles. The van der Waals surface area contributed by atoms with Crippen LogP contribution >= 0.6 is 0 Å². The molecule has 0 fully saturated rings. The molecule has 1 aliphatic rings. The van der Waals surface area contributed by atoms with E-state index >= 15 is 0 Å². The number of nitrogens with one attached hydrogen (secondary N) is 1. The second kappa shape index (κ2) is 4.65. The molecular formula is C9H11F4NO. The standard InChI is InChI=1S/C9H11F4NO/c1-2-3-4-15-9(13)7(11)5-6(10)8(12)14-9/h5,14H,2-4H2,1H3. The first-order valence-corrected chi connectivity index (χ1v) is 4.53. The number of alkyl halides is 1. The van der Waals surface area contributed by atoms with Crippen LogP contribution in [0.2, 0.25) is 0 Å². The number of ether oxygens (including phenoxy) is 1. The van der Waals surface area contributed by atoms with Gasteiger partial charge >= 0.3 is 5.98 Å². The Morgan fingerprint density at radius 1 is 1.40 bits per heavy atom. The van der Waals surface area contributed by atoms with E-state index in [2.05, 4.69) is 4.74 Å². The highest BCUT2D eigenvalue weighted by Crippen LogP contribution is 2.30. The largest absolute Gasteiger partial charge is 0.343 e. The minimum Gasteiger partial charge on any atom is -0.324 e. The third-order valence-corrected chi connectivity index (χ3v) is 1.84. The lowest BCUT2D eigenvalue weighted by molar-refractivity contribution is -0.152. The Morgan fingerprint density at radius 2 is 2.07 bits per heavy atom. The summed E-state index contributed by atoms with van der Waals surface area (Å²) in [6, 6.07) is 0. The molecule has 1 atom stereocenters. The number of allylic oxidation sites excluding steroid dienone is 2. The molecule has 2 nitrogen and oxygen atoms in total. The quantitative estimate of drug-likeness (QED) is 0.451. The lowest BCUT2D eigenvalue weighted by atomic mass is 10.3. The Labute approximate surface area is 84.6 Å². The van der Waals surface area contributed by atoms with Gasteiger partial charge in [0.1, 0.15) is 0 Å². The molecule has 1 rings (SSSR count). The summed E-state index contributed by atoms with van der Waals surface area (Å²) < 4.78 is 56.0. The average Bonchev–Trinajstić information content (AvgIpc) is 2.16. The SMILES string of the molecule is CCCCOC1(F)NC(F)=C(F)C=C1F. The Morgan fingerprint density at radius 3 is 2.67 bits per heavy atom. The summed E-state index contributed by atoms with van der Waals surface area (Å²) in [7, 11) is 0. The Balaban J connectivity index is 2.67. The van der Waals surface area contributed by atoms with Gasteiger partial charge in [-0.2, -0.15) is 8.78 Å². The van der Waals surface area contributed by atoms with E-state index in [1.165, 1.54) is 5.32 Å². The number of hydrogen-bond acceptors (Lipinski definition) is 2. The summed E-state index contributed by atoms with van der Waals surface area (Å²) in [4.78, 5) is 0. The highest BCUT2D eigenvalue weighted by molar-refractivity contribution is 5.26. The van der Waals surface area contributed by atoms with Gasteiger partial charge in [-0.05, 0) is 6.42 Å². The molecule has 1 N–H and O–H groups in total. The molecule has 1 unspecified atom stereocenters. The zero-order valence-corrected chi connectivity index (χ0v) is 8.12. The predicted octanol–water partition coefficient (Wildman–Crippen LogP) is 2.99. The molecule has 1 aliphatic heterocycles. The second-order valence-electron chi connectivity index (χ2n) is 3.08. The van der Waals surface area contributed by atoms with Gasteiger partial charge in [-0.25, -0.2) is 8.78 Å². The molecule has 86 valence electrons. The number of hydrogen-bond donors (Lipinski definition) is 1. The molecule has 6 heteroatoms. The van der Waals surface area contributed by atoms with E-state index in [1.807, 2.05) is 6.92 Å². The van der Waals surface area contributed by atoms with Crippen molar-refractivity contribution in [2.75, 3.05) is 6.61 Å². The van der Waals surface area contributed by atoms with E-state index in [1.54, 1.807) is 0 Å². The molecule has 0 saturated carbocycles. The molecular weight excluding hydrogens is 214 g/mol. The molecule has 0 aliphatic carbocycles. The lowest BCUT2D eigenvalue weighted by Crippen LogP contribution is -2.45.